The predicted molar refractivity (Wildman–Crippen MR) is 93.3 cm³/mol. The molecule has 0 aromatic heterocycles. The number of Topliss-reactive ketones (excluding diaryl/α,β-unsaturated/α-hetero) is 1. The second-order valence-electron chi connectivity index (χ2n) is 6.97. The molecule has 0 bridgehead atoms. The first kappa shape index (κ1) is 16.3. The lowest BCUT2D eigenvalue weighted by atomic mass is 10.1. The molecule has 2 aliphatic rings. The number of rotatable bonds is 4. The molecular weight excluding hydrogens is 288 g/mol. The van der Waals surface area contributed by atoms with Gasteiger partial charge in [0.2, 0.25) is 0 Å². The van der Waals surface area contributed by atoms with Crippen LogP contribution in [0.2, 0.25) is 0 Å². The number of carbonyl (C=O) groups excluding carboxylic acids is 1. The van der Waals surface area contributed by atoms with Crippen LogP contribution in [0.25, 0.3) is 0 Å². The van der Waals surface area contributed by atoms with Crippen molar-refractivity contribution in [1.29, 1.82) is 0 Å². The summed E-state index contributed by atoms with van der Waals surface area (Å²) in [6, 6.07) is 9.01. The van der Waals surface area contributed by atoms with Crippen molar-refractivity contribution in [2.24, 2.45) is 0 Å². The summed E-state index contributed by atoms with van der Waals surface area (Å²) in [5, 5.41) is 0. The minimum absolute atomic E-state index is 0.337. The van der Waals surface area contributed by atoms with E-state index in [-0.39, 0.29) is 0 Å². The Bertz CT molecular complexity index is 509. The van der Waals surface area contributed by atoms with E-state index in [1.807, 2.05) is 0 Å². The highest BCUT2D eigenvalue weighted by molar-refractivity contribution is 5.81. The summed E-state index contributed by atoms with van der Waals surface area (Å²) in [5.41, 5.74) is 1.19. The normalized spacial score (nSPS) is 21.0. The van der Waals surface area contributed by atoms with Gasteiger partial charge in [-0.1, -0.05) is 0 Å². The van der Waals surface area contributed by atoms with Gasteiger partial charge in [0.1, 0.15) is 17.6 Å². The summed E-state index contributed by atoms with van der Waals surface area (Å²) < 4.78 is 6.14. The van der Waals surface area contributed by atoms with Gasteiger partial charge in [-0.3, -0.25) is 4.79 Å². The maximum Gasteiger partial charge on any atom is 0.136 e. The van der Waals surface area contributed by atoms with E-state index < -0.39 is 0 Å². The lowest BCUT2D eigenvalue weighted by Crippen LogP contribution is -2.41. The number of piperidine rings is 2. The number of benzene rings is 1. The van der Waals surface area contributed by atoms with Crippen molar-refractivity contribution in [2.75, 3.05) is 31.1 Å². The molecule has 4 heteroatoms. The van der Waals surface area contributed by atoms with Gasteiger partial charge in [-0.2, -0.15) is 0 Å². The van der Waals surface area contributed by atoms with E-state index in [1.165, 1.54) is 5.69 Å². The second kappa shape index (κ2) is 7.35. The molecule has 0 radical (unpaired) electrons. The zero-order chi connectivity index (χ0) is 16.2. The molecule has 2 saturated heterocycles. The van der Waals surface area contributed by atoms with Crippen LogP contribution in [0.4, 0.5) is 5.69 Å². The molecule has 0 spiro atoms. The smallest absolute Gasteiger partial charge is 0.136 e. The maximum atomic E-state index is 11.3. The van der Waals surface area contributed by atoms with Gasteiger partial charge in [-0.15, -0.1) is 0 Å². The fraction of sp³-hybridized carbons (Fsp3) is 0.632. The highest BCUT2D eigenvalue weighted by Gasteiger charge is 2.22. The molecule has 1 aromatic carbocycles. The molecule has 0 amide bonds. The third-order valence-corrected chi connectivity index (χ3v) is 5.03. The Morgan fingerprint density at radius 1 is 1.00 bits per heavy atom. The molecule has 0 aliphatic carbocycles. The molecule has 126 valence electrons. The third-order valence-electron chi connectivity index (χ3n) is 5.03. The summed E-state index contributed by atoms with van der Waals surface area (Å²) >= 11 is 0. The first-order chi connectivity index (χ1) is 11.1. The molecule has 0 unspecified atom stereocenters. The lowest BCUT2D eigenvalue weighted by molar-refractivity contribution is -0.119. The van der Waals surface area contributed by atoms with E-state index in [4.69, 9.17) is 4.74 Å². The fourth-order valence-corrected chi connectivity index (χ4v) is 3.45. The van der Waals surface area contributed by atoms with E-state index >= 15 is 0 Å². The van der Waals surface area contributed by atoms with Gasteiger partial charge in [0.05, 0.1) is 0 Å². The van der Waals surface area contributed by atoms with Gasteiger partial charge in [0.25, 0.3) is 0 Å². The van der Waals surface area contributed by atoms with Crippen molar-refractivity contribution in [1.82, 2.24) is 4.90 Å². The largest absolute Gasteiger partial charge is 0.490 e. The topological polar surface area (TPSA) is 32.8 Å². The highest BCUT2D eigenvalue weighted by atomic mass is 16.5. The number of likely N-dealkylation sites (tertiary alicyclic amines) is 1. The van der Waals surface area contributed by atoms with Gasteiger partial charge in [0, 0.05) is 50.7 Å². The Kier molecular flexibility index (Phi) is 5.21. The van der Waals surface area contributed by atoms with Gasteiger partial charge in [-0.25, -0.2) is 0 Å². The van der Waals surface area contributed by atoms with E-state index in [0.29, 0.717) is 30.8 Å². The van der Waals surface area contributed by atoms with Crippen molar-refractivity contribution in [3.63, 3.8) is 0 Å². The SMILES string of the molecule is CC(C)N1CCC(Oc2ccc(N3CCC(=O)CC3)cc2)CC1. The first-order valence-electron chi connectivity index (χ1n) is 8.89. The number of carbonyl (C=O) groups is 1. The number of anilines is 1. The van der Waals surface area contributed by atoms with E-state index in [2.05, 4.69) is 47.9 Å². The quantitative estimate of drug-likeness (QED) is 0.854. The van der Waals surface area contributed by atoms with E-state index in [9.17, 15) is 4.79 Å². The molecule has 2 aliphatic heterocycles. The summed E-state index contributed by atoms with van der Waals surface area (Å²) in [4.78, 5) is 16.1. The molecule has 0 saturated carbocycles. The zero-order valence-corrected chi connectivity index (χ0v) is 14.3. The highest BCUT2D eigenvalue weighted by Crippen LogP contribution is 2.24. The molecule has 2 fully saturated rings. The van der Waals surface area contributed by atoms with Crippen LogP contribution in [-0.2, 0) is 4.79 Å². The van der Waals surface area contributed by atoms with Crippen molar-refractivity contribution in [2.45, 2.75) is 51.7 Å². The minimum atomic E-state index is 0.337. The van der Waals surface area contributed by atoms with Gasteiger partial charge in [-0.05, 0) is 51.0 Å². The van der Waals surface area contributed by atoms with Crippen LogP contribution in [0.5, 0.6) is 5.75 Å². The molecule has 0 N–H and O–H groups in total. The molecule has 0 atom stereocenters. The second-order valence-corrected chi connectivity index (χ2v) is 6.97. The summed E-state index contributed by atoms with van der Waals surface area (Å²) in [6.45, 7) is 8.45. The molecule has 23 heavy (non-hydrogen) atoms. The Balaban J connectivity index is 1.51. The number of hydrogen-bond donors (Lipinski definition) is 0. The van der Waals surface area contributed by atoms with Crippen molar-refractivity contribution >= 4 is 11.5 Å². The van der Waals surface area contributed by atoms with E-state index in [0.717, 1.165) is 44.8 Å². The minimum Gasteiger partial charge on any atom is -0.490 e. The van der Waals surface area contributed by atoms with Gasteiger partial charge < -0.3 is 14.5 Å². The number of nitrogens with zero attached hydrogens (tertiary/aromatic N) is 2. The van der Waals surface area contributed by atoms with Crippen LogP contribution in [0.1, 0.15) is 39.5 Å². The zero-order valence-electron chi connectivity index (χ0n) is 14.3. The van der Waals surface area contributed by atoms with Crippen molar-refractivity contribution in [3.8, 4) is 5.75 Å². The summed E-state index contributed by atoms with van der Waals surface area (Å²) in [5.74, 6) is 1.35. The van der Waals surface area contributed by atoms with Crippen molar-refractivity contribution in [3.05, 3.63) is 24.3 Å². The molecule has 2 heterocycles. The Morgan fingerprint density at radius 3 is 2.17 bits per heavy atom. The molecule has 1 aromatic rings. The fourth-order valence-electron chi connectivity index (χ4n) is 3.45. The van der Waals surface area contributed by atoms with Crippen LogP contribution in [0, 0.1) is 0 Å². The molecule has 3 rings (SSSR count). The average molecular weight is 316 g/mol. The number of ether oxygens (including phenoxy) is 1. The van der Waals surface area contributed by atoms with Crippen LogP contribution < -0.4 is 9.64 Å². The summed E-state index contributed by atoms with van der Waals surface area (Å²) in [7, 11) is 0. The Labute approximate surface area is 139 Å². The average Bonchev–Trinajstić information content (AvgIpc) is 2.57. The Morgan fingerprint density at radius 2 is 1.61 bits per heavy atom. The standard InChI is InChI=1S/C19H28N2O2/c1-15(2)20-13-9-19(10-14-20)23-18-5-3-16(4-6-18)21-11-7-17(22)8-12-21/h3-6,15,19H,7-14H2,1-2H3. The monoisotopic (exact) mass is 316 g/mol. The summed E-state index contributed by atoms with van der Waals surface area (Å²) in [6.07, 6.45) is 3.89. The van der Waals surface area contributed by atoms with Crippen LogP contribution >= 0.6 is 0 Å². The Hall–Kier alpha value is -1.55. The van der Waals surface area contributed by atoms with Crippen molar-refractivity contribution < 1.29 is 9.53 Å². The molecule has 4 nitrogen and oxygen atoms in total. The lowest BCUT2D eigenvalue weighted by Gasteiger charge is -2.34. The van der Waals surface area contributed by atoms with Gasteiger partial charge in [0.15, 0.2) is 0 Å². The molecular formula is C19H28N2O2. The van der Waals surface area contributed by atoms with Crippen LogP contribution in [0.15, 0.2) is 24.3 Å². The van der Waals surface area contributed by atoms with Crippen LogP contribution in [-0.4, -0.2) is 49.0 Å². The van der Waals surface area contributed by atoms with Crippen LogP contribution in [0.3, 0.4) is 0 Å². The van der Waals surface area contributed by atoms with Gasteiger partial charge >= 0.3 is 0 Å². The third kappa shape index (κ3) is 4.25. The first-order valence-corrected chi connectivity index (χ1v) is 8.89. The number of hydrogen-bond acceptors (Lipinski definition) is 4. The van der Waals surface area contributed by atoms with E-state index in [1.54, 1.807) is 0 Å². The predicted octanol–water partition coefficient (Wildman–Crippen LogP) is 3.11. The maximum absolute atomic E-state index is 11.3. The number of ketones is 1.